The van der Waals surface area contributed by atoms with Crippen LogP contribution in [-0.4, -0.2) is 23.2 Å². The van der Waals surface area contributed by atoms with Gasteiger partial charge in [0.15, 0.2) is 0 Å². The fourth-order valence-electron chi connectivity index (χ4n) is 2.21. The van der Waals surface area contributed by atoms with Crippen LogP contribution >= 0.6 is 0 Å². The van der Waals surface area contributed by atoms with Crippen molar-refractivity contribution < 1.29 is 19.4 Å². The van der Waals surface area contributed by atoms with E-state index >= 15 is 0 Å². The van der Waals surface area contributed by atoms with Gasteiger partial charge in [-0.1, -0.05) is 44.2 Å². The van der Waals surface area contributed by atoms with Gasteiger partial charge in [-0.2, -0.15) is 0 Å². The van der Waals surface area contributed by atoms with Gasteiger partial charge in [-0.15, -0.1) is 0 Å². The molecule has 1 rings (SSSR count). The molecule has 0 heterocycles. The first kappa shape index (κ1) is 17.0. The third kappa shape index (κ3) is 4.77. The highest BCUT2D eigenvalue weighted by molar-refractivity contribution is 5.76. The standard InChI is InChI=1S/C16H23NO4/c1-11(2)13(16(3,4)14(18)19)17-15(20)21-10-12-8-6-5-7-9-12/h5-9,11,13H,10H2,1-4H3,(H,17,20)(H,18,19)/t13-/m1/s1. The van der Waals surface area contributed by atoms with Crippen molar-refractivity contribution in [1.29, 1.82) is 0 Å². The van der Waals surface area contributed by atoms with Crippen molar-refractivity contribution in [2.75, 3.05) is 0 Å². The zero-order valence-electron chi connectivity index (χ0n) is 12.9. The number of carbonyl (C=O) groups excluding carboxylic acids is 1. The molecule has 116 valence electrons. The SMILES string of the molecule is CC(C)[C@@H](NC(=O)OCc1ccccc1)C(C)(C)C(=O)O. The van der Waals surface area contributed by atoms with Gasteiger partial charge in [0.05, 0.1) is 11.5 Å². The molecule has 0 spiro atoms. The van der Waals surface area contributed by atoms with Gasteiger partial charge in [-0.05, 0) is 25.3 Å². The number of aliphatic carboxylic acids is 1. The van der Waals surface area contributed by atoms with Gasteiger partial charge >= 0.3 is 12.1 Å². The van der Waals surface area contributed by atoms with Crippen LogP contribution in [0.25, 0.3) is 0 Å². The number of carboxylic acid groups (broad SMARTS) is 1. The molecule has 0 saturated carbocycles. The van der Waals surface area contributed by atoms with E-state index in [-0.39, 0.29) is 12.5 Å². The number of rotatable bonds is 6. The third-order valence-corrected chi connectivity index (χ3v) is 3.48. The molecular weight excluding hydrogens is 270 g/mol. The van der Waals surface area contributed by atoms with Gasteiger partial charge in [-0.25, -0.2) is 4.79 Å². The van der Waals surface area contributed by atoms with Crippen LogP contribution < -0.4 is 5.32 Å². The van der Waals surface area contributed by atoms with Crippen LogP contribution in [0.5, 0.6) is 0 Å². The maximum Gasteiger partial charge on any atom is 0.407 e. The summed E-state index contributed by atoms with van der Waals surface area (Å²) in [6.07, 6.45) is -0.605. The number of carbonyl (C=O) groups is 2. The van der Waals surface area contributed by atoms with Gasteiger partial charge in [0.25, 0.3) is 0 Å². The number of carboxylic acids is 1. The van der Waals surface area contributed by atoms with Gasteiger partial charge < -0.3 is 15.2 Å². The van der Waals surface area contributed by atoms with Crippen molar-refractivity contribution in [2.45, 2.75) is 40.3 Å². The molecule has 5 heteroatoms. The molecule has 5 nitrogen and oxygen atoms in total. The summed E-state index contributed by atoms with van der Waals surface area (Å²) in [6.45, 7) is 7.08. The van der Waals surface area contributed by atoms with Gasteiger partial charge in [0.1, 0.15) is 6.61 Å². The van der Waals surface area contributed by atoms with Crippen molar-refractivity contribution in [3.8, 4) is 0 Å². The molecule has 1 aromatic rings. The van der Waals surface area contributed by atoms with Crippen molar-refractivity contribution in [3.63, 3.8) is 0 Å². The maximum absolute atomic E-state index is 11.9. The topological polar surface area (TPSA) is 75.6 Å². The summed E-state index contributed by atoms with van der Waals surface area (Å²) in [4.78, 5) is 23.2. The minimum atomic E-state index is -1.07. The Morgan fingerprint density at radius 2 is 1.81 bits per heavy atom. The van der Waals surface area contributed by atoms with Crippen molar-refractivity contribution in [3.05, 3.63) is 35.9 Å². The second kappa shape index (κ2) is 7.11. The monoisotopic (exact) mass is 293 g/mol. The predicted octanol–water partition coefficient (Wildman–Crippen LogP) is 3.05. The van der Waals surface area contributed by atoms with E-state index in [0.717, 1.165) is 5.56 Å². The lowest BCUT2D eigenvalue weighted by Crippen LogP contribution is -2.51. The number of hydrogen-bond donors (Lipinski definition) is 2. The van der Waals surface area contributed by atoms with Crippen LogP contribution in [0.3, 0.4) is 0 Å². The minimum absolute atomic E-state index is 0.0274. The van der Waals surface area contributed by atoms with E-state index in [2.05, 4.69) is 5.32 Å². The molecule has 0 aliphatic heterocycles. The molecule has 0 unspecified atom stereocenters. The quantitative estimate of drug-likeness (QED) is 0.845. The zero-order valence-corrected chi connectivity index (χ0v) is 12.9. The van der Waals surface area contributed by atoms with Crippen LogP contribution in [0.4, 0.5) is 4.79 Å². The number of amides is 1. The summed E-state index contributed by atoms with van der Waals surface area (Å²) in [5.41, 5.74) is -0.189. The Morgan fingerprint density at radius 1 is 1.24 bits per heavy atom. The minimum Gasteiger partial charge on any atom is -0.481 e. The average Bonchev–Trinajstić information content (AvgIpc) is 2.43. The normalized spacial score (nSPS) is 12.8. The number of hydrogen-bond acceptors (Lipinski definition) is 3. The van der Waals surface area contributed by atoms with E-state index < -0.39 is 23.5 Å². The Kier molecular flexibility index (Phi) is 5.76. The van der Waals surface area contributed by atoms with Crippen molar-refractivity contribution in [2.24, 2.45) is 11.3 Å². The maximum atomic E-state index is 11.9. The second-order valence-corrected chi connectivity index (χ2v) is 5.95. The molecule has 2 N–H and O–H groups in total. The predicted molar refractivity (Wildman–Crippen MR) is 79.8 cm³/mol. The molecule has 0 fully saturated rings. The Balaban J connectivity index is 2.63. The van der Waals surface area contributed by atoms with Crippen LogP contribution in [-0.2, 0) is 16.1 Å². The third-order valence-electron chi connectivity index (χ3n) is 3.48. The summed E-state index contributed by atoms with van der Waals surface area (Å²) in [7, 11) is 0. The number of benzene rings is 1. The molecule has 1 atom stereocenters. The molecule has 0 bridgehead atoms. The van der Waals surface area contributed by atoms with Crippen molar-refractivity contribution in [1.82, 2.24) is 5.32 Å². The van der Waals surface area contributed by atoms with Crippen LogP contribution in [0, 0.1) is 11.3 Å². The fourth-order valence-corrected chi connectivity index (χ4v) is 2.21. The Hall–Kier alpha value is -2.04. The first-order chi connectivity index (χ1) is 9.75. The smallest absolute Gasteiger partial charge is 0.407 e. The van der Waals surface area contributed by atoms with Crippen molar-refractivity contribution >= 4 is 12.1 Å². The summed E-state index contributed by atoms with van der Waals surface area (Å²) < 4.78 is 5.14. The highest BCUT2D eigenvalue weighted by Crippen LogP contribution is 2.26. The lowest BCUT2D eigenvalue weighted by Gasteiger charge is -2.33. The number of nitrogens with one attached hydrogen (secondary N) is 1. The molecule has 0 aliphatic carbocycles. The summed E-state index contributed by atoms with van der Waals surface area (Å²) in [5, 5.41) is 12.0. The molecule has 21 heavy (non-hydrogen) atoms. The second-order valence-electron chi connectivity index (χ2n) is 5.95. The van der Waals surface area contributed by atoms with Crippen LogP contribution in [0.15, 0.2) is 30.3 Å². The van der Waals surface area contributed by atoms with E-state index in [0.29, 0.717) is 0 Å². The molecule has 1 aromatic carbocycles. The van der Waals surface area contributed by atoms with E-state index in [9.17, 15) is 14.7 Å². The van der Waals surface area contributed by atoms with Gasteiger partial charge in [0, 0.05) is 0 Å². The molecule has 1 amide bonds. The molecule has 0 saturated heterocycles. The Morgan fingerprint density at radius 3 is 2.29 bits per heavy atom. The van der Waals surface area contributed by atoms with E-state index in [1.54, 1.807) is 13.8 Å². The Bertz CT molecular complexity index is 482. The van der Waals surface area contributed by atoms with E-state index in [1.807, 2.05) is 44.2 Å². The van der Waals surface area contributed by atoms with Gasteiger partial charge in [-0.3, -0.25) is 4.79 Å². The summed E-state index contributed by atoms with van der Waals surface area (Å²) in [5.74, 6) is -0.982. The lowest BCUT2D eigenvalue weighted by molar-refractivity contribution is -0.149. The van der Waals surface area contributed by atoms with E-state index in [4.69, 9.17) is 4.74 Å². The number of ether oxygens (including phenoxy) is 1. The molecule has 0 aromatic heterocycles. The van der Waals surface area contributed by atoms with Gasteiger partial charge in [0.2, 0.25) is 0 Å². The summed E-state index contributed by atoms with van der Waals surface area (Å²) >= 11 is 0. The lowest BCUT2D eigenvalue weighted by atomic mass is 9.78. The Labute approximate surface area is 125 Å². The fraction of sp³-hybridized carbons (Fsp3) is 0.500. The number of alkyl carbamates (subject to hydrolysis) is 1. The highest BCUT2D eigenvalue weighted by atomic mass is 16.5. The largest absolute Gasteiger partial charge is 0.481 e. The van der Waals surface area contributed by atoms with Crippen LogP contribution in [0.1, 0.15) is 33.3 Å². The average molecular weight is 293 g/mol. The molecule has 0 aliphatic rings. The first-order valence-corrected chi connectivity index (χ1v) is 6.95. The summed E-state index contributed by atoms with van der Waals surface area (Å²) in [6, 6.07) is 8.80. The van der Waals surface area contributed by atoms with Crippen LogP contribution in [0.2, 0.25) is 0 Å². The first-order valence-electron chi connectivity index (χ1n) is 6.95. The zero-order chi connectivity index (χ0) is 16.0. The highest BCUT2D eigenvalue weighted by Gasteiger charge is 2.39. The van der Waals surface area contributed by atoms with E-state index in [1.165, 1.54) is 0 Å². The molecule has 0 radical (unpaired) electrons. The molecular formula is C16H23NO4.